The minimum absolute atomic E-state index is 0.135. The van der Waals surface area contributed by atoms with Crippen molar-refractivity contribution in [2.75, 3.05) is 20.7 Å². The summed E-state index contributed by atoms with van der Waals surface area (Å²) in [6, 6.07) is 7.13. The molecule has 1 unspecified atom stereocenters. The molecule has 1 N–H and O–H groups in total. The van der Waals surface area contributed by atoms with Crippen LogP contribution >= 0.6 is 0 Å². The number of aliphatic hydroxyl groups is 1. The van der Waals surface area contributed by atoms with Crippen molar-refractivity contribution in [1.82, 2.24) is 4.90 Å². The van der Waals surface area contributed by atoms with Gasteiger partial charge in [0.1, 0.15) is 11.6 Å². The second-order valence-electron chi connectivity index (χ2n) is 6.82. The monoisotopic (exact) mass is 412 g/mol. The van der Waals surface area contributed by atoms with Crippen LogP contribution in [0.15, 0.2) is 41.4 Å². The second kappa shape index (κ2) is 8.82. The number of benzene rings is 2. The lowest BCUT2D eigenvalue weighted by atomic mass is 9.85. The molecular weight excluding hydrogens is 388 g/mol. The van der Waals surface area contributed by atoms with Gasteiger partial charge in [-0.05, 0) is 43.2 Å². The van der Waals surface area contributed by atoms with E-state index in [2.05, 4.69) is 4.99 Å². The van der Waals surface area contributed by atoms with Crippen molar-refractivity contribution in [1.29, 1.82) is 0 Å². The predicted molar refractivity (Wildman–Crippen MR) is 104 cm³/mol. The quantitative estimate of drug-likeness (QED) is 0.406. The van der Waals surface area contributed by atoms with Crippen molar-refractivity contribution in [3.05, 3.63) is 58.9 Å². The van der Waals surface area contributed by atoms with Gasteiger partial charge in [0.05, 0.1) is 19.1 Å². The van der Waals surface area contributed by atoms with Crippen LogP contribution in [0.4, 0.5) is 23.2 Å². The standard InChI is InChI=1S/C21H24F4N2O2/c1-5-27(3)13-26-18-11-19(29-4)17(10-14(18)2)20(28,21(23,24)25)12-15-6-8-16(22)9-7-15/h6-11,13,28H,5,12H2,1-4H3. The van der Waals surface area contributed by atoms with Crippen molar-refractivity contribution >= 4 is 12.0 Å². The third-order valence-electron chi connectivity index (χ3n) is 4.70. The first kappa shape index (κ1) is 22.7. The Morgan fingerprint density at radius 3 is 2.31 bits per heavy atom. The molecular formula is C21H24F4N2O2. The zero-order chi connectivity index (χ0) is 21.8. The molecule has 8 heteroatoms. The molecule has 0 heterocycles. The fourth-order valence-electron chi connectivity index (χ4n) is 2.80. The van der Waals surface area contributed by atoms with Crippen molar-refractivity contribution < 1.29 is 27.4 Å². The number of hydrogen-bond acceptors (Lipinski definition) is 3. The number of aryl methyl sites for hydroxylation is 1. The number of ether oxygens (including phenoxy) is 1. The van der Waals surface area contributed by atoms with Crippen LogP contribution in [0.5, 0.6) is 5.75 Å². The summed E-state index contributed by atoms with van der Waals surface area (Å²) in [5.74, 6) is -0.708. The Balaban J connectivity index is 2.57. The average Bonchev–Trinajstić information content (AvgIpc) is 2.67. The fraction of sp³-hybridized carbons (Fsp3) is 0.381. The van der Waals surface area contributed by atoms with E-state index in [-0.39, 0.29) is 11.3 Å². The van der Waals surface area contributed by atoms with E-state index in [9.17, 15) is 22.7 Å². The molecule has 1 atom stereocenters. The highest BCUT2D eigenvalue weighted by Crippen LogP contribution is 2.46. The summed E-state index contributed by atoms with van der Waals surface area (Å²) < 4.78 is 60.3. The maximum atomic E-state index is 14.0. The Morgan fingerprint density at radius 1 is 1.17 bits per heavy atom. The maximum Gasteiger partial charge on any atom is 0.421 e. The van der Waals surface area contributed by atoms with E-state index in [0.29, 0.717) is 17.8 Å². The molecule has 0 bridgehead atoms. The van der Waals surface area contributed by atoms with E-state index < -0.39 is 29.6 Å². The Labute approximate surface area is 167 Å². The summed E-state index contributed by atoms with van der Waals surface area (Å²) in [6.07, 6.45) is -4.21. The zero-order valence-corrected chi connectivity index (χ0v) is 16.7. The van der Waals surface area contributed by atoms with Crippen LogP contribution in [-0.2, 0) is 12.0 Å². The van der Waals surface area contributed by atoms with E-state index in [4.69, 9.17) is 4.74 Å². The molecule has 0 fully saturated rings. The van der Waals surface area contributed by atoms with Crippen LogP contribution in [0.2, 0.25) is 0 Å². The molecule has 0 saturated heterocycles. The molecule has 0 saturated carbocycles. The van der Waals surface area contributed by atoms with Gasteiger partial charge in [-0.1, -0.05) is 12.1 Å². The third kappa shape index (κ3) is 5.06. The summed E-state index contributed by atoms with van der Waals surface area (Å²) in [4.78, 5) is 6.09. The van der Waals surface area contributed by atoms with E-state index in [1.165, 1.54) is 31.4 Å². The van der Waals surface area contributed by atoms with Gasteiger partial charge in [-0.3, -0.25) is 0 Å². The number of nitrogens with zero attached hydrogens (tertiary/aromatic N) is 2. The Morgan fingerprint density at radius 2 is 1.79 bits per heavy atom. The van der Waals surface area contributed by atoms with Crippen LogP contribution in [0.25, 0.3) is 0 Å². The van der Waals surface area contributed by atoms with Crippen molar-refractivity contribution in [3.8, 4) is 5.75 Å². The minimum atomic E-state index is -4.99. The number of aliphatic imine (C=N–C) groups is 1. The molecule has 0 aliphatic rings. The summed E-state index contributed by atoms with van der Waals surface area (Å²) >= 11 is 0. The van der Waals surface area contributed by atoms with E-state index in [1.807, 2.05) is 14.0 Å². The normalized spacial score (nSPS) is 14.1. The van der Waals surface area contributed by atoms with Crippen LogP contribution in [0, 0.1) is 12.7 Å². The second-order valence-corrected chi connectivity index (χ2v) is 6.82. The first-order valence-electron chi connectivity index (χ1n) is 8.99. The summed E-state index contributed by atoms with van der Waals surface area (Å²) in [5.41, 5.74) is -2.63. The Kier molecular flexibility index (Phi) is 6.89. The number of hydrogen-bond donors (Lipinski definition) is 1. The molecule has 0 radical (unpaired) electrons. The van der Waals surface area contributed by atoms with Gasteiger partial charge < -0.3 is 14.7 Å². The van der Waals surface area contributed by atoms with Crippen molar-refractivity contribution in [3.63, 3.8) is 0 Å². The highest BCUT2D eigenvalue weighted by Gasteiger charge is 2.56. The molecule has 0 amide bonds. The SMILES string of the molecule is CCN(C)C=Nc1cc(OC)c(C(O)(Cc2ccc(F)cc2)C(F)(F)F)cc1C. The molecule has 4 nitrogen and oxygen atoms in total. The highest BCUT2D eigenvalue weighted by atomic mass is 19.4. The van der Waals surface area contributed by atoms with E-state index in [0.717, 1.165) is 12.1 Å². The van der Waals surface area contributed by atoms with Crippen LogP contribution in [-0.4, -0.2) is 43.2 Å². The molecule has 158 valence electrons. The van der Waals surface area contributed by atoms with Gasteiger partial charge in [0, 0.05) is 31.6 Å². The number of halogens is 4. The van der Waals surface area contributed by atoms with E-state index in [1.54, 1.807) is 18.2 Å². The molecule has 2 aromatic rings. The smallest absolute Gasteiger partial charge is 0.421 e. The first-order valence-corrected chi connectivity index (χ1v) is 8.99. The first-order chi connectivity index (χ1) is 13.5. The molecule has 0 aromatic heterocycles. The van der Waals surface area contributed by atoms with Crippen LogP contribution < -0.4 is 4.74 Å². The lowest BCUT2D eigenvalue weighted by Gasteiger charge is -2.32. The van der Waals surface area contributed by atoms with Gasteiger partial charge in [-0.15, -0.1) is 0 Å². The molecule has 29 heavy (non-hydrogen) atoms. The number of rotatable bonds is 7. The number of methoxy groups -OCH3 is 1. The summed E-state index contributed by atoms with van der Waals surface area (Å²) in [6.45, 7) is 4.25. The fourth-order valence-corrected chi connectivity index (χ4v) is 2.80. The third-order valence-corrected chi connectivity index (χ3v) is 4.70. The van der Waals surface area contributed by atoms with Gasteiger partial charge in [-0.2, -0.15) is 13.2 Å². The van der Waals surface area contributed by atoms with Gasteiger partial charge in [0.2, 0.25) is 0 Å². The van der Waals surface area contributed by atoms with Crippen molar-refractivity contribution in [2.24, 2.45) is 4.99 Å². The molecule has 2 rings (SSSR count). The zero-order valence-electron chi connectivity index (χ0n) is 16.7. The average molecular weight is 412 g/mol. The van der Waals surface area contributed by atoms with Crippen LogP contribution in [0.1, 0.15) is 23.6 Å². The topological polar surface area (TPSA) is 45.1 Å². The van der Waals surface area contributed by atoms with Crippen molar-refractivity contribution in [2.45, 2.75) is 32.0 Å². The molecule has 0 aliphatic heterocycles. The summed E-state index contributed by atoms with van der Waals surface area (Å²) in [5, 5.41) is 10.8. The maximum absolute atomic E-state index is 14.0. The van der Waals surface area contributed by atoms with Gasteiger partial charge in [0.25, 0.3) is 0 Å². The number of alkyl halides is 3. The lowest BCUT2D eigenvalue weighted by Crippen LogP contribution is -2.44. The van der Waals surface area contributed by atoms with Gasteiger partial charge in [0.15, 0.2) is 5.60 Å². The molecule has 2 aromatic carbocycles. The lowest BCUT2D eigenvalue weighted by molar-refractivity contribution is -0.266. The largest absolute Gasteiger partial charge is 0.496 e. The van der Waals surface area contributed by atoms with Gasteiger partial charge in [-0.25, -0.2) is 9.38 Å². The molecule has 0 spiro atoms. The Bertz CT molecular complexity index is 866. The van der Waals surface area contributed by atoms with E-state index >= 15 is 0 Å². The summed E-state index contributed by atoms with van der Waals surface area (Å²) in [7, 11) is 3.05. The minimum Gasteiger partial charge on any atom is -0.496 e. The highest BCUT2D eigenvalue weighted by molar-refractivity contribution is 5.65. The van der Waals surface area contributed by atoms with Gasteiger partial charge >= 0.3 is 6.18 Å². The van der Waals surface area contributed by atoms with Crippen LogP contribution in [0.3, 0.4) is 0 Å². The predicted octanol–water partition coefficient (Wildman–Crippen LogP) is 4.75. The molecule has 0 aliphatic carbocycles. The Hall–Kier alpha value is -2.61.